The fourth-order valence-electron chi connectivity index (χ4n) is 4.92. The van der Waals surface area contributed by atoms with Gasteiger partial charge in [-0.2, -0.15) is 0 Å². The maximum absolute atomic E-state index is 13.5. The van der Waals surface area contributed by atoms with E-state index in [1.807, 2.05) is 12.1 Å². The summed E-state index contributed by atoms with van der Waals surface area (Å²) in [6.45, 7) is -0.0439. The minimum absolute atomic E-state index is 0.0884. The third kappa shape index (κ3) is 8.33. The summed E-state index contributed by atoms with van der Waals surface area (Å²) in [5, 5.41) is -0.641. The lowest BCUT2D eigenvalue weighted by Gasteiger charge is -2.44. The van der Waals surface area contributed by atoms with Crippen LogP contribution in [0.1, 0.15) is 36.6 Å². The van der Waals surface area contributed by atoms with Crippen LogP contribution in [-0.4, -0.2) is 67.7 Å². The minimum atomic E-state index is -1.01. The molecule has 0 aliphatic carbocycles. The quantitative estimate of drug-likeness (QED) is 0.135. The fraction of sp³-hybridized carbons (Fsp3) is 0.250. The highest BCUT2D eigenvalue weighted by Gasteiger charge is 2.51. The molecule has 0 N–H and O–H groups in total. The molecule has 0 bridgehead atoms. The molecule has 10 heteroatoms. The van der Waals surface area contributed by atoms with E-state index in [4.69, 9.17) is 28.4 Å². The van der Waals surface area contributed by atoms with Crippen LogP contribution in [0.25, 0.3) is 0 Å². The lowest BCUT2D eigenvalue weighted by Crippen LogP contribution is -2.58. The van der Waals surface area contributed by atoms with Gasteiger partial charge in [-0.3, -0.25) is 0 Å². The summed E-state index contributed by atoms with van der Waals surface area (Å²) in [6.07, 6.45) is -3.02. The van der Waals surface area contributed by atoms with E-state index < -0.39 is 46.9 Å². The SMILES string of the molecule is COc1ccc(CO[C@H]2[C@H](OC(=O)c3ccccc3)[C@@H](COC(=O)c3ccccc3)S[C@H](OC)[C@H]2OC(=O)c2ccccc2)cc1. The third-order valence-corrected chi connectivity index (χ3v) is 8.80. The highest BCUT2D eigenvalue weighted by Crippen LogP contribution is 2.39. The monoisotopic (exact) mass is 642 g/mol. The van der Waals surface area contributed by atoms with Crippen molar-refractivity contribution in [1.82, 2.24) is 0 Å². The Bertz CT molecular complexity index is 1570. The summed E-state index contributed by atoms with van der Waals surface area (Å²) < 4.78 is 35.5. The molecule has 1 heterocycles. The number of benzene rings is 4. The summed E-state index contributed by atoms with van der Waals surface area (Å²) in [5.74, 6) is -1.04. The number of carbonyl (C=O) groups is 3. The van der Waals surface area contributed by atoms with E-state index in [9.17, 15) is 14.4 Å². The predicted octanol–water partition coefficient (Wildman–Crippen LogP) is 5.98. The molecule has 5 atom stereocenters. The maximum Gasteiger partial charge on any atom is 0.338 e. The smallest absolute Gasteiger partial charge is 0.338 e. The summed E-state index contributed by atoms with van der Waals surface area (Å²) in [5.41, 5.74) is 1.11. The predicted molar refractivity (Wildman–Crippen MR) is 172 cm³/mol. The lowest BCUT2D eigenvalue weighted by atomic mass is 10.0. The first-order valence-corrected chi connectivity index (χ1v) is 15.6. The van der Waals surface area contributed by atoms with Crippen molar-refractivity contribution >= 4 is 29.7 Å². The van der Waals surface area contributed by atoms with Crippen molar-refractivity contribution in [2.75, 3.05) is 20.8 Å². The molecule has 0 amide bonds. The first-order valence-electron chi connectivity index (χ1n) is 14.6. The Morgan fingerprint density at radius 2 is 1.11 bits per heavy atom. The molecule has 46 heavy (non-hydrogen) atoms. The van der Waals surface area contributed by atoms with Crippen LogP contribution < -0.4 is 4.74 Å². The molecule has 9 nitrogen and oxygen atoms in total. The molecular weight excluding hydrogens is 608 g/mol. The molecule has 1 saturated heterocycles. The van der Waals surface area contributed by atoms with Crippen molar-refractivity contribution in [3.63, 3.8) is 0 Å². The summed E-state index contributed by atoms with van der Waals surface area (Å²) in [7, 11) is 3.07. The van der Waals surface area contributed by atoms with Gasteiger partial charge >= 0.3 is 17.9 Å². The van der Waals surface area contributed by atoms with E-state index in [1.54, 1.807) is 110 Å². The molecule has 0 spiro atoms. The summed E-state index contributed by atoms with van der Waals surface area (Å²) in [6, 6.07) is 33.0. The van der Waals surface area contributed by atoms with Crippen LogP contribution in [0.15, 0.2) is 115 Å². The lowest BCUT2D eigenvalue weighted by molar-refractivity contribution is -0.143. The first-order chi connectivity index (χ1) is 22.5. The normalized spacial score (nSPS) is 20.7. The van der Waals surface area contributed by atoms with Crippen molar-refractivity contribution in [3.05, 3.63) is 138 Å². The average Bonchev–Trinajstić information content (AvgIpc) is 3.12. The molecule has 1 aliphatic heterocycles. The van der Waals surface area contributed by atoms with Crippen LogP contribution in [0.3, 0.4) is 0 Å². The number of hydrogen-bond acceptors (Lipinski definition) is 10. The number of ether oxygens (including phenoxy) is 6. The van der Waals surface area contributed by atoms with Crippen LogP contribution in [-0.2, 0) is 30.3 Å². The van der Waals surface area contributed by atoms with Gasteiger partial charge < -0.3 is 28.4 Å². The molecule has 1 aliphatic rings. The van der Waals surface area contributed by atoms with Gasteiger partial charge in [0.2, 0.25) is 0 Å². The second kappa shape index (κ2) is 16.1. The molecule has 1 fully saturated rings. The van der Waals surface area contributed by atoms with Gasteiger partial charge in [0.1, 0.15) is 30.0 Å². The first kappa shape index (κ1) is 32.7. The van der Waals surface area contributed by atoms with E-state index in [2.05, 4.69) is 0 Å². The van der Waals surface area contributed by atoms with Crippen molar-refractivity contribution < 1.29 is 42.8 Å². The zero-order valence-corrected chi connectivity index (χ0v) is 26.2. The van der Waals surface area contributed by atoms with E-state index in [0.717, 1.165) is 5.56 Å². The molecule has 4 aromatic carbocycles. The molecule has 0 unspecified atom stereocenters. The molecule has 4 aromatic rings. The second-order valence-corrected chi connectivity index (χ2v) is 11.7. The van der Waals surface area contributed by atoms with E-state index in [-0.39, 0.29) is 13.2 Å². The third-order valence-electron chi connectivity index (χ3n) is 7.32. The summed E-state index contributed by atoms with van der Waals surface area (Å²) >= 11 is 1.24. The molecule has 0 radical (unpaired) electrons. The zero-order valence-electron chi connectivity index (χ0n) is 25.4. The van der Waals surface area contributed by atoms with Gasteiger partial charge in [0.05, 0.1) is 35.7 Å². The zero-order chi connectivity index (χ0) is 32.3. The van der Waals surface area contributed by atoms with Crippen LogP contribution >= 0.6 is 11.8 Å². The van der Waals surface area contributed by atoms with Crippen molar-refractivity contribution in [3.8, 4) is 5.75 Å². The number of hydrogen-bond donors (Lipinski definition) is 0. The van der Waals surface area contributed by atoms with E-state index in [1.165, 1.54) is 18.9 Å². The van der Waals surface area contributed by atoms with Crippen LogP contribution in [0.2, 0.25) is 0 Å². The molecule has 0 saturated carbocycles. The standard InChI is InChI=1S/C36H34O9S/c1-40-28-20-18-24(19-21-28)22-42-31-30(44-34(38)26-14-8-4-9-15-26)29(23-43-33(37)25-12-6-3-7-13-25)46-36(41-2)32(31)45-35(39)27-16-10-5-11-17-27/h3-21,29-32,36H,22-23H2,1-2H3/t29-,30-,31+,32+,36+/m1/s1. The van der Waals surface area contributed by atoms with Crippen molar-refractivity contribution in [2.45, 2.75) is 35.6 Å². The van der Waals surface area contributed by atoms with Gasteiger partial charge in [0.15, 0.2) is 6.10 Å². The Morgan fingerprint density at radius 3 is 1.61 bits per heavy atom. The average molecular weight is 643 g/mol. The maximum atomic E-state index is 13.5. The Hall–Kier alpha value is -4.64. The molecule has 238 valence electrons. The topological polar surface area (TPSA) is 107 Å². The van der Waals surface area contributed by atoms with Gasteiger partial charge in [-0.1, -0.05) is 66.7 Å². The summed E-state index contributed by atoms with van der Waals surface area (Å²) in [4.78, 5) is 39.7. The van der Waals surface area contributed by atoms with Crippen LogP contribution in [0, 0.1) is 0 Å². The largest absolute Gasteiger partial charge is 0.497 e. The Morgan fingerprint density at radius 1 is 0.609 bits per heavy atom. The highest BCUT2D eigenvalue weighted by molar-refractivity contribution is 8.00. The highest BCUT2D eigenvalue weighted by atomic mass is 32.2. The van der Waals surface area contributed by atoms with Gasteiger partial charge in [0, 0.05) is 7.11 Å². The number of rotatable bonds is 12. The van der Waals surface area contributed by atoms with Gasteiger partial charge in [0.25, 0.3) is 0 Å². The van der Waals surface area contributed by atoms with E-state index in [0.29, 0.717) is 22.4 Å². The van der Waals surface area contributed by atoms with Crippen molar-refractivity contribution in [1.29, 1.82) is 0 Å². The molecule has 0 aromatic heterocycles. The Balaban J connectivity index is 1.47. The minimum Gasteiger partial charge on any atom is -0.497 e. The van der Waals surface area contributed by atoms with Crippen LogP contribution in [0.4, 0.5) is 0 Å². The van der Waals surface area contributed by atoms with E-state index >= 15 is 0 Å². The van der Waals surface area contributed by atoms with Crippen molar-refractivity contribution in [2.24, 2.45) is 0 Å². The molecular formula is C36H34O9S. The number of esters is 3. The van der Waals surface area contributed by atoms with Gasteiger partial charge in [-0.25, -0.2) is 14.4 Å². The van der Waals surface area contributed by atoms with Gasteiger partial charge in [-0.05, 0) is 54.1 Å². The number of thioether (sulfide) groups is 1. The van der Waals surface area contributed by atoms with Gasteiger partial charge in [-0.15, -0.1) is 11.8 Å². The number of methoxy groups -OCH3 is 2. The Labute approximate surface area is 271 Å². The number of carbonyl (C=O) groups excluding carboxylic acids is 3. The Kier molecular flexibility index (Phi) is 11.4. The molecule has 5 rings (SSSR count). The fourth-order valence-corrected chi connectivity index (χ4v) is 6.25. The van der Waals surface area contributed by atoms with Crippen LogP contribution in [0.5, 0.6) is 5.75 Å². The second-order valence-electron chi connectivity index (χ2n) is 10.3.